The lowest BCUT2D eigenvalue weighted by Crippen LogP contribution is -2.41. The Balaban J connectivity index is 2.63. The second kappa shape index (κ2) is 7.29. The molecule has 0 saturated carbocycles. The van der Waals surface area contributed by atoms with E-state index >= 15 is 0 Å². The van der Waals surface area contributed by atoms with Crippen molar-refractivity contribution < 1.29 is 14.3 Å². The first kappa shape index (κ1) is 16.5. The van der Waals surface area contributed by atoms with Crippen molar-refractivity contribution >= 4 is 5.97 Å². The van der Waals surface area contributed by atoms with Crippen LogP contribution in [0, 0.1) is 5.41 Å². The Hall–Kier alpha value is -1.55. The molecule has 0 spiro atoms. The summed E-state index contributed by atoms with van der Waals surface area (Å²) in [6.07, 6.45) is 0.371. The van der Waals surface area contributed by atoms with Crippen LogP contribution in [0.5, 0.6) is 5.75 Å². The van der Waals surface area contributed by atoms with Crippen LogP contribution in [0.2, 0.25) is 0 Å². The van der Waals surface area contributed by atoms with Gasteiger partial charge in [0.05, 0.1) is 20.6 Å². The molecule has 0 heterocycles. The minimum Gasteiger partial charge on any atom is -0.497 e. The molecule has 4 heteroatoms. The molecule has 4 nitrogen and oxygen atoms in total. The van der Waals surface area contributed by atoms with E-state index in [9.17, 15) is 4.79 Å². The van der Waals surface area contributed by atoms with Crippen LogP contribution < -0.4 is 10.1 Å². The minimum atomic E-state index is -0.188. The van der Waals surface area contributed by atoms with Crippen molar-refractivity contribution in [3.63, 3.8) is 0 Å². The number of rotatable bonds is 6. The quantitative estimate of drug-likeness (QED) is 0.813. The number of hydrogen-bond donors (Lipinski definition) is 1. The summed E-state index contributed by atoms with van der Waals surface area (Å²) >= 11 is 0. The number of nitrogens with one attached hydrogen (secondary N) is 1. The molecular formula is C16H25NO3. The normalized spacial score (nSPS) is 12.8. The lowest BCUT2D eigenvalue weighted by Gasteiger charge is -2.31. The number of carbonyl (C=O) groups is 1. The molecule has 0 bridgehead atoms. The second-order valence-electron chi connectivity index (χ2n) is 5.93. The van der Waals surface area contributed by atoms with Crippen molar-refractivity contribution in [1.82, 2.24) is 5.32 Å². The van der Waals surface area contributed by atoms with Crippen LogP contribution in [0.1, 0.15) is 32.8 Å². The van der Waals surface area contributed by atoms with Gasteiger partial charge in [0, 0.05) is 12.6 Å². The summed E-state index contributed by atoms with van der Waals surface area (Å²) in [4.78, 5) is 11.5. The van der Waals surface area contributed by atoms with Gasteiger partial charge in [0.25, 0.3) is 0 Å². The summed E-state index contributed by atoms with van der Waals surface area (Å²) in [6, 6.07) is 7.97. The predicted octanol–water partition coefficient (Wildman–Crippen LogP) is 2.76. The van der Waals surface area contributed by atoms with Crippen LogP contribution in [0.3, 0.4) is 0 Å². The molecule has 1 unspecified atom stereocenters. The van der Waals surface area contributed by atoms with Gasteiger partial charge in [-0.2, -0.15) is 0 Å². The molecule has 1 aromatic rings. The Morgan fingerprint density at radius 1 is 1.20 bits per heavy atom. The van der Waals surface area contributed by atoms with Gasteiger partial charge >= 0.3 is 5.97 Å². The smallest absolute Gasteiger partial charge is 0.307 e. The van der Waals surface area contributed by atoms with Crippen molar-refractivity contribution in [2.45, 2.75) is 39.8 Å². The van der Waals surface area contributed by atoms with E-state index in [2.05, 4.69) is 26.1 Å². The van der Waals surface area contributed by atoms with Gasteiger partial charge in [-0.1, -0.05) is 32.9 Å². The van der Waals surface area contributed by atoms with Crippen LogP contribution in [-0.4, -0.2) is 26.2 Å². The number of ether oxygens (including phenoxy) is 2. The number of methoxy groups -OCH3 is 2. The fraction of sp³-hybridized carbons (Fsp3) is 0.562. The first-order chi connectivity index (χ1) is 9.36. The van der Waals surface area contributed by atoms with Crippen LogP contribution in [0.4, 0.5) is 0 Å². The Morgan fingerprint density at radius 2 is 1.80 bits per heavy atom. The summed E-state index contributed by atoms with van der Waals surface area (Å²) in [5.41, 5.74) is 1.14. The van der Waals surface area contributed by atoms with Gasteiger partial charge in [0.15, 0.2) is 0 Å². The summed E-state index contributed by atoms with van der Waals surface area (Å²) in [7, 11) is 3.07. The average Bonchev–Trinajstić information content (AvgIpc) is 2.42. The maximum absolute atomic E-state index is 11.5. The zero-order valence-corrected chi connectivity index (χ0v) is 13.0. The molecule has 0 aliphatic rings. The van der Waals surface area contributed by atoms with Gasteiger partial charge in [0.2, 0.25) is 0 Å². The molecule has 1 rings (SSSR count). The third-order valence-corrected chi connectivity index (χ3v) is 3.36. The first-order valence-corrected chi connectivity index (χ1v) is 6.80. The van der Waals surface area contributed by atoms with Crippen molar-refractivity contribution in [1.29, 1.82) is 0 Å². The van der Waals surface area contributed by atoms with Gasteiger partial charge in [-0.25, -0.2) is 0 Å². The first-order valence-electron chi connectivity index (χ1n) is 6.80. The predicted molar refractivity (Wildman–Crippen MR) is 79.7 cm³/mol. The van der Waals surface area contributed by atoms with E-state index < -0.39 is 0 Å². The molecule has 0 fully saturated rings. The fourth-order valence-electron chi connectivity index (χ4n) is 1.92. The molecule has 1 atom stereocenters. The van der Waals surface area contributed by atoms with Gasteiger partial charge in [-0.3, -0.25) is 4.79 Å². The van der Waals surface area contributed by atoms with Gasteiger partial charge in [0.1, 0.15) is 5.75 Å². The van der Waals surface area contributed by atoms with E-state index in [1.54, 1.807) is 7.11 Å². The van der Waals surface area contributed by atoms with E-state index in [4.69, 9.17) is 9.47 Å². The molecule has 1 N–H and O–H groups in total. The maximum Gasteiger partial charge on any atom is 0.307 e. The Bertz CT molecular complexity index is 420. The highest BCUT2D eigenvalue weighted by atomic mass is 16.5. The number of hydrogen-bond acceptors (Lipinski definition) is 4. The molecule has 112 valence electrons. The monoisotopic (exact) mass is 279 g/mol. The molecule has 0 saturated heterocycles. The van der Waals surface area contributed by atoms with Gasteiger partial charge in [-0.05, 0) is 23.1 Å². The highest BCUT2D eigenvalue weighted by Gasteiger charge is 2.26. The lowest BCUT2D eigenvalue weighted by molar-refractivity contribution is -0.141. The van der Waals surface area contributed by atoms with Crippen LogP contribution >= 0.6 is 0 Å². The van der Waals surface area contributed by atoms with Crippen molar-refractivity contribution in [2.24, 2.45) is 5.41 Å². The Labute approximate surface area is 121 Å². The highest BCUT2D eigenvalue weighted by molar-refractivity contribution is 5.70. The molecule has 0 amide bonds. The van der Waals surface area contributed by atoms with Crippen molar-refractivity contribution in [3.8, 4) is 5.75 Å². The number of carbonyl (C=O) groups excluding carboxylic acids is 1. The fourth-order valence-corrected chi connectivity index (χ4v) is 1.92. The molecule has 20 heavy (non-hydrogen) atoms. The average molecular weight is 279 g/mol. The minimum absolute atomic E-state index is 0.0132. The van der Waals surface area contributed by atoms with Gasteiger partial charge in [-0.15, -0.1) is 0 Å². The van der Waals surface area contributed by atoms with Crippen LogP contribution in [-0.2, 0) is 16.1 Å². The summed E-state index contributed by atoms with van der Waals surface area (Å²) in [5.74, 6) is 0.655. The molecular weight excluding hydrogens is 254 g/mol. The summed E-state index contributed by atoms with van der Waals surface area (Å²) in [6.45, 7) is 7.05. The third-order valence-electron chi connectivity index (χ3n) is 3.36. The maximum atomic E-state index is 11.5. The van der Waals surface area contributed by atoms with E-state index in [1.165, 1.54) is 7.11 Å². The largest absolute Gasteiger partial charge is 0.497 e. The molecule has 1 aromatic carbocycles. The molecule has 0 aliphatic heterocycles. The molecule has 0 aromatic heterocycles. The Morgan fingerprint density at radius 3 is 2.25 bits per heavy atom. The zero-order chi connectivity index (χ0) is 15.2. The lowest BCUT2D eigenvalue weighted by atomic mass is 9.84. The third kappa shape index (κ3) is 5.21. The van der Waals surface area contributed by atoms with E-state index in [1.807, 2.05) is 24.3 Å². The summed E-state index contributed by atoms with van der Waals surface area (Å²) < 4.78 is 9.90. The highest BCUT2D eigenvalue weighted by Crippen LogP contribution is 2.23. The molecule has 0 aliphatic carbocycles. The topological polar surface area (TPSA) is 47.6 Å². The van der Waals surface area contributed by atoms with Crippen molar-refractivity contribution in [2.75, 3.05) is 14.2 Å². The van der Waals surface area contributed by atoms with Crippen LogP contribution in [0.25, 0.3) is 0 Å². The molecule has 0 radical (unpaired) electrons. The van der Waals surface area contributed by atoms with Crippen molar-refractivity contribution in [3.05, 3.63) is 29.8 Å². The number of benzene rings is 1. The Kier molecular flexibility index (Phi) is 6.02. The summed E-state index contributed by atoms with van der Waals surface area (Å²) in [5, 5.41) is 3.44. The van der Waals surface area contributed by atoms with Crippen LogP contribution in [0.15, 0.2) is 24.3 Å². The SMILES string of the molecule is COC(=O)CC(NCc1ccc(OC)cc1)C(C)(C)C. The van der Waals surface area contributed by atoms with Gasteiger partial charge < -0.3 is 14.8 Å². The van der Waals surface area contributed by atoms with E-state index in [-0.39, 0.29) is 17.4 Å². The zero-order valence-electron chi connectivity index (χ0n) is 13.0. The standard InChI is InChI=1S/C16H25NO3/c1-16(2,3)14(10-15(18)20-5)17-11-12-6-8-13(19-4)9-7-12/h6-9,14,17H,10-11H2,1-5H3. The van der Waals surface area contributed by atoms with E-state index in [0.29, 0.717) is 13.0 Å². The van der Waals surface area contributed by atoms with E-state index in [0.717, 1.165) is 11.3 Å². The number of esters is 1. The second-order valence-corrected chi connectivity index (χ2v) is 5.93.